The molecular formula is C16H21N3O2S. The van der Waals surface area contributed by atoms with Gasteiger partial charge < -0.3 is 9.88 Å². The average Bonchev–Trinajstić information content (AvgIpc) is 2.81. The molecule has 0 radical (unpaired) electrons. The zero-order valence-electron chi connectivity index (χ0n) is 13.3. The fraction of sp³-hybridized carbons (Fsp3) is 0.438. The Morgan fingerprint density at radius 3 is 2.73 bits per heavy atom. The molecule has 0 spiro atoms. The zero-order valence-corrected chi connectivity index (χ0v) is 14.2. The van der Waals surface area contributed by atoms with Gasteiger partial charge in [0.25, 0.3) is 5.91 Å². The van der Waals surface area contributed by atoms with Crippen LogP contribution in [0, 0.1) is 12.8 Å². The third-order valence-corrected chi connectivity index (χ3v) is 4.11. The topological polar surface area (TPSA) is 66.1 Å². The maximum Gasteiger partial charge on any atom is 0.254 e. The highest BCUT2D eigenvalue weighted by Gasteiger charge is 2.15. The number of nitrogens with zero attached hydrogens (tertiary/aromatic N) is 2. The number of nitrogens with one attached hydrogen (secondary N) is 1. The molecule has 2 rings (SSSR count). The van der Waals surface area contributed by atoms with Gasteiger partial charge in [0.1, 0.15) is 5.01 Å². The molecule has 0 atom stereocenters. The smallest absolute Gasteiger partial charge is 0.254 e. The van der Waals surface area contributed by atoms with Gasteiger partial charge in [-0.2, -0.15) is 0 Å². The molecule has 0 unspecified atom stereocenters. The second-order valence-electron chi connectivity index (χ2n) is 5.90. The van der Waals surface area contributed by atoms with E-state index in [1.54, 1.807) is 18.0 Å². The van der Waals surface area contributed by atoms with Gasteiger partial charge in [0.15, 0.2) is 0 Å². The number of hydrogen-bond donors (Lipinski definition) is 1. The van der Waals surface area contributed by atoms with E-state index in [1.807, 2.05) is 12.3 Å². The minimum Gasteiger partial charge on any atom is -0.335 e. The highest BCUT2D eigenvalue weighted by molar-refractivity contribution is 7.09. The maximum atomic E-state index is 12.5. The summed E-state index contributed by atoms with van der Waals surface area (Å²) < 4.78 is 0. The number of H-pyrrole nitrogens is 1. The SMILES string of the molecule is Cc1csc(CN(C)C(=O)c2cc(CC(C)C)[nH]c(=O)c2)n1. The van der Waals surface area contributed by atoms with E-state index in [2.05, 4.69) is 23.8 Å². The lowest BCUT2D eigenvalue weighted by Gasteiger charge is -2.16. The summed E-state index contributed by atoms with van der Waals surface area (Å²) in [4.78, 5) is 33.0. The van der Waals surface area contributed by atoms with Crippen LogP contribution >= 0.6 is 11.3 Å². The van der Waals surface area contributed by atoms with Crippen LogP contribution < -0.4 is 5.56 Å². The van der Waals surface area contributed by atoms with Gasteiger partial charge in [-0.25, -0.2) is 4.98 Å². The summed E-state index contributed by atoms with van der Waals surface area (Å²) in [5.41, 5.74) is 1.94. The van der Waals surface area contributed by atoms with Crippen molar-refractivity contribution in [2.75, 3.05) is 7.05 Å². The Bertz CT molecular complexity index is 718. The normalized spacial score (nSPS) is 11.0. The monoisotopic (exact) mass is 319 g/mol. The number of aromatic nitrogens is 2. The molecule has 0 aliphatic heterocycles. The summed E-state index contributed by atoms with van der Waals surface area (Å²) in [5.74, 6) is 0.251. The minimum absolute atomic E-state index is 0.163. The second kappa shape index (κ2) is 6.87. The van der Waals surface area contributed by atoms with Gasteiger partial charge in [0.2, 0.25) is 5.56 Å². The van der Waals surface area contributed by atoms with Gasteiger partial charge in [0, 0.05) is 35.4 Å². The lowest BCUT2D eigenvalue weighted by molar-refractivity contribution is 0.0784. The first-order valence-electron chi connectivity index (χ1n) is 7.25. The summed E-state index contributed by atoms with van der Waals surface area (Å²) in [6, 6.07) is 3.13. The first kappa shape index (κ1) is 16.4. The van der Waals surface area contributed by atoms with Crippen molar-refractivity contribution in [3.8, 4) is 0 Å². The van der Waals surface area contributed by atoms with Crippen molar-refractivity contribution in [3.63, 3.8) is 0 Å². The van der Waals surface area contributed by atoms with Crippen molar-refractivity contribution in [1.29, 1.82) is 0 Å². The van der Waals surface area contributed by atoms with Crippen LogP contribution in [0.1, 0.15) is 40.6 Å². The van der Waals surface area contributed by atoms with E-state index >= 15 is 0 Å². The van der Waals surface area contributed by atoms with Crippen molar-refractivity contribution in [2.45, 2.75) is 33.7 Å². The lowest BCUT2D eigenvalue weighted by Crippen LogP contribution is -2.27. The molecule has 1 amide bonds. The summed E-state index contributed by atoms with van der Waals surface area (Å²) >= 11 is 1.53. The fourth-order valence-corrected chi connectivity index (χ4v) is 3.07. The molecule has 6 heteroatoms. The predicted molar refractivity (Wildman–Crippen MR) is 88.3 cm³/mol. The van der Waals surface area contributed by atoms with Crippen molar-refractivity contribution in [3.05, 3.63) is 49.8 Å². The first-order valence-corrected chi connectivity index (χ1v) is 8.13. The molecule has 2 aromatic heterocycles. The molecule has 0 aliphatic carbocycles. The molecule has 22 heavy (non-hydrogen) atoms. The quantitative estimate of drug-likeness (QED) is 0.921. The van der Waals surface area contributed by atoms with Crippen molar-refractivity contribution >= 4 is 17.2 Å². The average molecular weight is 319 g/mol. The van der Waals surface area contributed by atoms with E-state index in [0.717, 1.165) is 22.8 Å². The Morgan fingerprint density at radius 2 is 2.14 bits per heavy atom. The molecule has 0 saturated carbocycles. The molecule has 1 N–H and O–H groups in total. The maximum absolute atomic E-state index is 12.5. The molecule has 0 saturated heterocycles. The number of pyridine rings is 1. The molecule has 2 heterocycles. The van der Waals surface area contributed by atoms with Gasteiger partial charge in [-0.05, 0) is 25.3 Å². The van der Waals surface area contributed by atoms with Crippen LogP contribution in [0.2, 0.25) is 0 Å². The summed E-state index contributed by atoms with van der Waals surface area (Å²) in [6.07, 6.45) is 0.742. The molecule has 2 aromatic rings. The van der Waals surface area contributed by atoms with Crippen molar-refractivity contribution in [2.24, 2.45) is 5.92 Å². The van der Waals surface area contributed by atoms with Gasteiger partial charge in [0.05, 0.1) is 6.54 Å². The van der Waals surface area contributed by atoms with Gasteiger partial charge in [-0.1, -0.05) is 13.8 Å². The standard InChI is InChI=1S/C16H21N3O2S/c1-10(2)5-13-6-12(7-14(20)18-13)16(21)19(4)8-15-17-11(3)9-22-15/h6-7,9-10H,5,8H2,1-4H3,(H,18,20). The van der Waals surface area contributed by atoms with Crippen LogP contribution in [-0.2, 0) is 13.0 Å². The van der Waals surface area contributed by atoms with Crippen molar-refractivity contribution in [1.82, 2.24) is 14.9 Å². The summed E-state index contributed by atoms with van der Waals surface area (Å²) in [6.45, 7) is 6.52. The minimum atomic E-state index is -0.236. The molecule has 0 aromatic carbocycles. The second-order valence-corrected chi connectivity index (χ2v) is 6.84. The summed E-state index contributed by atoms with van der Waals surface area (Å²) in [5, 5.41) is 2.85. The Kier molecular flexibility index (Phi) is 5.13. The zero-order chi connectivity index (χ0) is 16.3. The van der Waals surface area contributed by atoms with Crippen molar-refractivity contribution < 1.29 is 4.79 Å². The van der Waals surface area contributed by atoms with E-state index in [4.69, 9.17) is 0 Å². The Balaban J connectivity index is 2.17. The third-order valence-electron chi connectivity index (χ3n) is 3.16. The number of carbonyl (C=O) groups excluding carboxylic acids is 1. The molecule has 0 bridgehead atoms. The molecule has 0 fully saturated rings. The summed E-state index contributed by atoms with van der Waals surface area (Å²) in [7, 11) is 1.72. The highest BCUT2D eigenvalue weighted by Crippen LogP contribution is 2.13. The molecular weight excluding hydrogens is 298 g/mol. The van der Waals surface area contributed by atoms with E-state index in [9.17, 15) is 9.59 Å². The van der Waals surface area contributed by atoms with Gasteiger partial charge >= 0.3 is 0 Å². The number of carbonyl (C=O) groups is 1. The van der Waals surface area contributed by atoms with Crippen LogP contribution in [0.3, 0.4) is 0 Å². The Hall–Kier alpha value is -1.95. The number of aromatic amines is 1. The number of thiazole rings is 1. The fourth-order valence-electron chi connectivity index (χ4n) is 2.24. The van der Waals surface area contributed by atoms with Crippen LogP contribution in [-0.4, -0.2) is 27.8 Å². The van der Waals surface area contributed by atoms with E-state index in [1.165, 1.54) is 17.4 Å². The first-order chi connectivity index (χ1) is 10.3. The van der Waals surface area contributed by atoms with Gasteiger partial charge in [-0.15, -0.1) is 11.3 Å². The van der Waals surface area contributed by atoms with E-state index < -0.39 is 0 Å². The Labute approximate surface area is 134 Å². The van der Waals surface area contributed by atoms with Gasteiger partial charge in [-0.3, -0.25) is 9.59 Å². The molecule has 118 valence electrons. The van der Waals surface area contributed by atoms with Crippen LogP contribution in [0.4, 0.5) is 0 Å². The number of rotatable bonds is 5. The predicted octanol–water partition coefficient (Wildman–Crippen LogP) is 2.61. The highest BCUT2D eigenvalue weighted by atomic mass is 32.1. The van der Waals surface area contributed by atoms with E-state index in [-0.39, 0.29) is 11.5 Å². The molecule has 5 nitrogen and oxygen atoms in total. The lowest BCUT2D eigenvalue weighted by atomic mass is 10.1. The third kappa shape index (κ3) is 4.27. The van der Waals surface area contributed by atoms with Crippen LogP contribution in [0.5, 0.6) is 0 Å². The Morgan fingerprint density at radius 1 is 1.41 bits per heavy atom. The van der Waals surface area contributed by atoms with Crippen LogP contribution in [0.15, 0.2) is 22.3 Å². The number of amides is 1. The largest absolute Gasteiger partial charge is 0.335 e. The van der Waals surface area contributed by atoms with E-state index in [0.29, 0.717) is 18.0 Å². The number of hydrogen-bond acceptors (Lipinski definition) is 4. The number of aryl methyl sites for hydroxylation is 1. The van der Waals surface area contributed by atoms with Crippen LogP contribution in [0.25, 0.3) is 0 Å². The molecule has 0 aliphatic rings.